The molecule has 0 aliphatic carbocycles. The number of aliphatic hydroxyl groups excluding tert-OH is 8. The summed E-state index contributed by atoms with van der Waals surface area (Å²) in [4.78, 5) is 10.6. The fourth-order valence-electron chi connectivity index (χ4n) is 2.16. The van der Waals surface area contributed by atoms with Crippen molar-refractivity contribution in [3.05, 3.63) is 0 Å². The molecule has 1 fully saturated rings. The summed E-state index contributed by atoms with van der Waals surface area (Å²) in [5.74, 6) is -2.09. The number of carbonyl (C=O) groups excluding carboxylic acids is 1. The molecule has 1 rings (SSSR count). The van der Waals surface area contributed by atoms with E-state index in [-0.39, 0.29) is 29.6 Å². The van der Waals surface area contributed by atoms with Crippen LogP contribution in [0, 0.1) is 0 Å². The second kappa shape index (κ2) is 11.0. The first-order valence-corrected chi connectivity index (χ1v) is 6.97. The predicted molar refractivity (Wildman–Crippen MR) is 68.8 cm³/mol. The van der Waals surface area contributed by atoms with Gasteiger partial charge < -0.3 is 60.2 Å². The maximum absolute atomic E-state index is 10.6. The van der Waals surface area contributed by atoms with Crippen molar-refractivity contribution >= 4 is 5.97 Å². The quantitative estimate of drug-likeness (QED) is 0.184. The first kappa shape index (κ1) is 25.1. The van der Waals surface area contributed by atoms with Gasteiger partial charge in [-0.3, -0.25) is 0 Å². The van der Waals surface area contributed by atoms with Crippen molar-refractivity contribution in [1.82, 2.24) is 0 Å². The van der Waals surface area contributed by atoms with E-state index in [0.29, 0.717) is 0 Å². The first-order chi connectivity index (χ1) is 11.1. The summed E-state index contributed by atoms with van der Waals surface area (Å²) < 4.78 is 9.94. The Morgan fingerprint density at radius 2 is 1.64 bits per heavy atom. The Morgan fingerprint density at radius 1 is 1.08 bits per heavy atom. The van der Waals surface area contributed by atoms with Crippen LogP contribution < -0.4 is 34.7 Å². The van der Waals surface area contributed by atoms with E-state index in [0.717, 1.165) is 0 Å². The summed E-state index contributed by atoms with van der Waals surface area (Å²) in [6, 6.07) is 0. The normalized spacial score (nSPS) is 34.5. The van der Waals surface area contributed by atoms with Gasteiger partial charge in [-0.25, -0.2) is 0 Å². The molecule has 142 valence electrons. The molecule has 8 N–H and O–H groups in total. The van der Waals surface area contributed by atoms with Gasteiger partial charge in [0.15, 0.2) is 6.29 Å². The standard InChI is InChI=1S/C12H22O12.Na/c13-1-3(15)10(7(18)8(19)11(21)22)24-12-9(20)6(17)5(16)4(2-14)23-12;/h3-10,12-20H,1-2H2,(H,21,22);/q;+1/p-1/t3-,4+,5-,6-,7-,8-,9+,10-,12-;/m0./s1. The van der Waals surface area contributed by atoms with Gasteiger partial charge in [-0.1, -0.05) is 0 Å². The van der Waals surface area contributed by atoms with Gasteiger partial charge >= 0.3 is 29.6 Å². The van der Waals surface area contributed by atoms with Crippen LogP contribution in [0.2, 0.25) is 0 Å². The summed E-state index contributed by atoms with van der Waals surface area (Å²) in [5.41, 5.74) is 0. The molecule has 0 spiro atoms. The van der Waals surface area contributed by atoms with Crippen LogP contribution in [0.4, 0.5) is 0 Å². The van der Waals surface area contributed by atoms with Gasteiger partial charge in [0.1, 0.15) is 48.8 Å². The molecule has 0 aromatic carbocycles. The van der Waals surface area contributed by atoms with E-state index in [1.54, 1.807) is 0 Å². The van der Waals surface area contributed by atoms with Crippen LogP contribution in [0.3, 0.4) is 0 Å². The molecule has 1 saturated heterocycles. The average Bonchev–Trinajstić information content (AvgIpc) is 2.57. The molecule has 0 unspecified atom stereocenters. The summed E-state index contributed by atoms with van der Waals surface area (Å²) in [5, 5.41) is 86.3. The van der Waals surface area contributed by atoms with Crippen LogP contribution in [-0.2, 0) is 14.3 Å². The van der Waals surface area contributed by atoms with Crippen LogP contribution in [0.1, 0.15) is 0 Å². The van der Waals surface area contributed by atoms with Crippen molar-refractivity contribution < 1.29 is 89.8 Å². The molecule has 0 amide bonds. The number of carboxylic acids is 1. The molecule has 13 heteroatoms. The van der Waals surface area contributed by atoms with Gasteiger partial charge in [-0.2, -0.15) is 0 Å². The predicted octanol–water partition coefficient (Wildman–Crippen LogP) is -10.00. The number of aliphatic carboxylic acids is 1. The van der Waals surface area contributed by atoms with Crippen molar-refractivity contribution in [1.29, 1.82) is 0 Å². The Labute approximate surface area is 164 Å². The van der Waals surface area contributed by atoms with Gasteiger partial charge in [0, 0.05) is 0 Å². The maximum atomic E-state index is 10.6. The third kappa shape index (κ3) is 6.04. The molecule has 1 aliphatic rings. The Kier molecular flexibility index (Phi) is 11.1. The van der Waals surface area contributed by atoms with Crippen molar-refractivity contribution in [2.75, 3.05) is 13.2 Å². The summed E-state index contributed by atoms with van der Waals surface area (Å²) >= 11 is 0. The van der Waals surface area contributed by atoms with Gasteiger partial charge in [0.25, 0.3) is 0 Å². The molecular weight excluding hydrogens is 359 g/mol. The SMILES string of the molecule is O=C([O-])[C@@H](O)[C@H](O)[C@@H](O[C@@H]1O[C@H](CO)[C@H](O)[C@H](O)[C@H]1O)[C@@H](O)CO.[Na+]. The molecule has 12 nitrogen and oxygen atoms in total. The molecule has 0 bridgehead atoms. The maximum Gasteiger partial charge on any atom is 1.00 e. The molecule has 0 aromatic heterocycles. The van der Waals surface area contributed by atoms with E-state index in [1.165, 1.54) is 0 Å². The van der Waals surface area contributed by atoms with E-state index >= 15 is 0 Å². The van der Waals surface area contributed by atoms with E-state index < -0.39 is 74.3 Å². The Hall–Kier alpha value is 0.0700. The first-order valence-electron chi connectivity index (χ1n) is 6.97. The number of hydrogen-bond acceptors (Lipinski definition) is 12. The fraction of sp³-hybridized carbons (Fsp3) is 0.917. The van der Waals surface area contributed by atoms with Gasteiger partial charge in [0.05, 0.1) is 19.2 Å². The molecular formula is C12H21NaO12. The zero-order valence-electron chi connectivity index (χ0n) is 13.3. The Morgan fingerprint density at radius 3 is 2.08 bits per heavy atom. The number of hydrogen-bond donors (Lipinski definition) is 8. The van der Waals surface area contributed by atoms with Crippen molar-refractivity contribution in [3.63, 3.8) is 0 Å². The second-order valence-corrected chi connectivity index (χ2v) is 5.30. The monoisotopic (exact) mass is 380 g/mol. The summed E-state index contributed by atoms with van der Waals surface area (Å²) in [6.45, 7) is -1.79. The average molecular weight is 380 g/mol. The zero-order valence-corrected chi connectivity index (χ0v) is 15.3. The van der Waals surface area contributed by atoms with E-state index in [2.05, 4.69) is 0 Å². The smallest absolute Gasteiger partial charge is 0.547 e. The molecule has 0 aromatic rings. The summed E-state index contributed by atoms with van der Waals surface area (Å²) in [6.07, 6.45) is -17.3. The third-order valence-electron chi connectivity index (χ3n) is 3.61. The number of carboxylic acid groups (broad SMARTS) is 1. The molecule has 1 heterocycles. The third-order valence-corrected chi connectivity index (χ3v) is 3.61. The van der Waals surface area contributed by atoms with Crippen LogP contribution >= 0.6 is 0 Å². The van der Waals surface area contributed by atoms with E-state index in [1.807, 2.05) is 0 Å². The number of ether oxygens (including phenoxy) is 2. The topological polar surface area (TPSA) is 220 Å². The van der Waals surface area contributed by atoms with Crippen molar-refractivity contribution in [2.45, 2.75) is 55.1 Å². The van der Waals surface area contributed by atoms with Crippen molar-refractivity contribution in [3.8, 4) is 0 Å². The van der Waals surface area contributed by atoms with Crippen LogP contribution in [0.15, 0.2) is 0 Å². The molecule has 1 aliphatic heterocycles. The second-order valence-electron chi connectivity index (χ2n) is 5.30. The minimum absolute atomic E-state index is 0. The number of rotatable bonds is 8. The molecule has 0 radical (unpaired) electrons. The summed E-state index contributed by atoms with van der Waals surface area (Å²) in [7, 11) is 0. The minimum Gasteiger partial charge on any atom is -0.547 e. The Bertz CT molecular complexity index is 410. The largest absolute Gasteiger partial charge is 1.00 e. The Balaban J connectivity index is 0.00000576. The van der Waals surface area contributed by atoms with Gasteiger partial charge in [-0.15, -0.1) is 0 Å². The van der Waals surface area contributed by atoms with Gasteiger partial charge in [-0.05, 0) is 0 Å². The number of carbonyl (C=O) groups is 1. The van der Waals surface area contributed by atoms with E-state index in [4.69, 9.17) is 19.7 Å². The van der Waals surface area contributed by atoms with Crippen molar-refractivity contribution in [2.24, 2.45) is 0 Å². The zero-order chi connectivity index (χ0) is 18.6. The molecule has 25 heavy (non-hydrogen) atoms. The molecule has 0 saturated carbocycles. The molecule has 9 atom stereocenters. The van der Waals surface area contributed by atoms with Crippen LogP contribution in [-0.4, -0.2) is 115 Å². The minimum atomic E-state index is -2.50. The van der Waals surface area contributed by atoms with Gasteiger partial charge in [0.2, 0.25) is 0 Å². The number of aliphatic hydroxyl groups is 8. The van der Waals surface area contributed by atoms with Crippen LogP contribution in [0.5, 0.6) is 0 Å². The van der Waals surface area contributed by atoms with E-state index in [9.17, 15) is 40.5 Å². The van der Waals surface area contributed by atoms with Crippen LogP contribution in [0.25, 0.3) is 0 Å². The fourth-order valence-corrected chi connectivity index (χ4v) is 2.16.